The minimum absolute atomic E-state index is 0.113. The molecule has 0 saturated heterocycles. The summed E-state index contributed by atoms with van der Waals surface area (Å²) >= 11 is 0. The van der Waals surface area contributed by atoms with Gasteiger partial charge in [0.2, 0.25) is 5.78 Å². The molecule has 0 aromatic carbocycles. The summed E-state index contributed by atoms with van der Waals surface area (Å²) in [6, 6.07) is 0. The SMILES string of the molecule is CCOC(=O)C(=O)C(=O)CCC(C)C. The smallest absolute Gasteiger partial charge is 0.382 e. The minimum Gasteiger partial charge on any atom is -0.460 e. The molecule has 0 aliphatic rings. The van der Waals surface area contributed by atoms with Gasteiger partial charge in [0.25, 0.3) is 0 Å². The van der Waals surface area contributed by atoms with Crippen LogP contribution in [-0.2, 0) is 19.1 Å². The Morgan fingerprint density at radius 1 is 1.21 bits per heavy atom. The molecule has 0 aliphatic heterocycles. The highest BCUT2D eigenvalue weighted by Gasteiger charge is 2.23. The van der Waals surface area contributed by atoms with E-state index in [1.807, 2.05) is 13.8 Å². The van der Waals surface area contributed by atoms with Gasteiger partial charge in [-0.05, 0) is 19.3 Å². The first kappa shape index (κ1) is 12.8. The molecule has 0 radical (unpaired) electrons. The third kappa shape index (κ3) is 4.74. The van der Waals surface area contributed by atoms with Gasteiger partial charge in [0.1, 0.15) is 0 Å². The Kier molecular flexibility index (Phi) is 5.76. The molecule has 0 aliphatic carbocycles. The quantitative estimate of drug-likeness (QED) is 0.366. The van der Waals surface area contributed by atoms with Crippen molar-refractivity contribution >= 4 is 17.5 Å². The molecule has 0 bridgehead atoms. The summed E-state index contributed by atoms with van der Waals surface area (Å²) in [5.41, 5.74) is 0. The first-order chi connectivity index (χ1) is 6.49. The average molecular weight is 200 g/mol. The van der Waals surface area contributed by atoms with Gasteiger partial charge in [0.15, 0.2) is 0 Å². The molecule has 0 spiro atoms. The average Bonchev–Trinajstić information content (AvgIpc) is 2.13. The fraction of sp³-hybridized carbons (Fsp3) is 0.700. The Morgan fingerprint density at radius 2 is 1.79 bits per heavy atom. The van der Waals surface area contributed by atoms with Crippen LogP contribution in [0.2, 0.25) is 0 Å². The molecular weight excluding hydrogens is 184 g/mol. The third-order valence-corrected chi connectivity index (χ3v) is 1.66. The summed E-state index contributed by atoms with van der Waals surface area (Å²) in [6.45, 7) is 5.59. The van der Waals surface area contributed by atoms with Gasteiger partial charge in [0.05, 0.1) is 6.61 Å². The summed E-state index contributed by atoms with van der Waals surface area (Å²) < 4.78 is 4.42. The normalized spacial score (nSPS) is 10.0. The number of rotatable bonds is 6. The van der Waals surface area contributed by atoms with Crippen molar-refractivity contribution in [2.45, 2.75) is 33.6 Å². The zero-order valence-electron chi connectivity index (χ0n) is 8.83. The summed E-state index contributed by atoms with van der Waals surface area (Å²) in [6.07, 6.45) is 0.735. The van der Waals surface area contributed by atoms with Crippen molar-refractivity contribution < 1.29 is 19.1 Å². The maximum atomic E-state index is 11.1. The van der Waals surface area contributed by atoms with Gasteiger partial charge in [-0.1, -0.05) is 13.8 Å². The maximum Gasteiger partial charge on any atom is 0.382 e. The van der Waals surface area contributed by atoms with Crippen LogP contribution in [0.4, 0.5) is 0 Å². The van der Waals surface area contributed by atoms with Crippen LogP contribution in [0.1, 0.15) is 33.6 Å². The molecule has 0 amide bonds. The number of ether oxygens (including phenoxy) is 1. The lowest BCUT2D eigenvalue weighted by atomic mass is 10.0. The van der Waals surface area contributed by atoms with Crippen LogP contribution >= 0.6 is 0 Å². The predicted octanol–water partition coefficient (Wildman–Crippen LogP) is 1.12. The molecule has 0 saturated carbocycles. The largest absolute Gasteiger partial charge is 0.460 e. The van der Waals surface area contributed by atoms with Gasteiger partial charge in [-0.15, -0.1) is 0 Å². The molecule has 14 heavy (non-hydrogen) atoms. The second-order valence-corrected chi connectivity index (χ2v) is 3.41. The van der Waals surface area contributed by atoms with E-state index >= 15 is 0 Å². The Balaban J connectivity index is 4.00. The predicted molar refractivity (Wildman–Crippen MR) is 50.7 cm³/mol. The molecule has 0 N–H and O–H groups in total. The standard InChI is InChI=1S/C10H16O4/c1-4-14-10(13)9(12)8(11)6-5-7(2)3/h7H,4-6H2,1-3H3. The zero-order valence-corrected chi connectivity index (χ0v) is 8.83. The van der Waals surface area contributed by atoms with E-state index in [0.29, 0.717) is 12.3 Å². The van der Waals surface area contributed by atoms with Crippen LogP contribution in [0.5, 0.6) is 0 Å². The number of hydrogen-bond acceptors (Lipinski definition) is 4. The van der Waals surface area contributed by atoms with Crippen molar-refractivity contribution in [2.24, 2.45) is 5.92 Å². The van der Waals surface area contributed by atoms with Gasteiger partial charge >= 0.3 is 11.8 Å². The molecule has 0 aromatic rings. The monoisotopic (exact) mass is 200 g/mol. The number of carbonyl (C=O) groups excluding carboxylic acids is 3. The van der Waals surface area contributed by atoms with E-state index in [1.165, 1.54) is 0 Å². The number of hydrogen-bond donors (Lipinski definition) is 0. The number of ketones is 2. The van der Waals surface area contributed by atoms with Crippen molar-refractivity contribution in [2.75, 3.05) is 6.61 Å². The Labute approximate surface area is 83.6 Å². The van der Waals surface area contributed by atoms with E-state index in [1.54, 1.807) is 6.92 Å². The van der Waals surface area contributed by atoms with Gasteiger partial charge in [-0.2, -0.15) is 0 Å². The first-order valence-corrected chi connectivity index (χ1v) is 4.73. The minimum atomic E-state index is -1.04. The van der Waals surface area contributed by atoms with Crippen LogP contribution in [-0.4, -0.2) is 24.1 Å². The van der Waals surface area contributed by atoms with E-state index in [0.717, 1.165) is 0 Å². The summed E-state index contributed by atoms with van der Waals surface area (Å²) in [4.78, 5) is 33.0. The number of carbonyl (C=O) groups is 3. The van der Waals surface area contributed by atoms with E-state index in [2.05, 4.69) is 4.74 Å². The van der Waals surface area contributed by atoms with Crippen molar-refractivity contribution in [3.63, 3.8) is 0 Å². The third-order valence-electron chi connectivity index (χ3n) is 1.66. The lowest BCUT2D eigenvalue weighted by Crippen LogP contribution is -2.26. The molecule has 0 aromatic heterocycles. The second kappa shape index (κ2) is 6.29. The summed E-state index contributed by atoms with van der Waals surface area (Å²) in [5.74, 6) is -2.39. The van der Waals surface area contributed by atoms with E-state index in [4.69, 9.17) is 0 Å². The summed E-state index contributed by atoms with van der Waals surface area (Å²) in [5, 5.41) is 0. The van der Waals surface area contributed by atoms with Crippen LogP contribution < -0.4 is 0 Å². The van der Waals surface area contributed by atoms with Crippen LogP contribution in [0, 0.1) is 5.92 Å². The van der Waals surface area contributed by atoms with Gasteiger partial charge < -0.3 is 4.74 Å². The first-order valence-electron chi connectivity index (χ1n) is 4.73. The Hall–Kier alpha value is -1.19. The fourth-order valence-electron chi connectivity index (χ4n) is 0.844. The van der Waals surface area contributed by atoms with E-state index in [9.17, 15) is 14.4 Å². The lowest BCUT2D eigenvalue weighted by molar-refractivity contribution is -0.156. The molecule has 0 rings (SSSR count). The van der Waals surface area contributed by atoms with Gasteiger partial charge in [0, 0.05) is 6.42 Å². The highest BCUT2D eigenvalue weighted by molar-refractivity contribution is 6.62. The molecular formula is C10H16O4. The van der Waals surface area contributed by atoms with Crippen LogP contribution in [0.3, 0.4) is 0 Å². The number of Topliss-reactive ketones (excluding diaryl/α,β-unsaturated/α-hetero) is 2. The molecule has 0 unspecified atom stereocenters. The zero-order chi connectivity index (χ0) is 11.1. The van der Waals surface area contributed by atoms with Crippen molar-refractivity contribution in [1.82, 2.24) is 0 Å². The molecule has 0 fully saturated rings. The van der Waals surface area contributed by atoms with Crippen molar-refractivity contribution in [3.05, 3.63) is 0 Å². The van der Waals surface area contributed by atoms with Gasteiger partial charge in [-0.25, -0.2) is 4.79 Å². The highest BCUT2D eigenvalue weighted by Crippen LogP contribution is 2.04. The molecule has 80 valence electrons. The lowest BCUT2D eigenvalue weighted by Gasteiger charge is -2.02. The molecule has 4 nitrogen and oxygen atoms in total. The fourth-order valence-corrected chi connectivity index (χ4v) is 0.844. The van der Waals surface area contributed by atoms with Crippen LogP contribution in [0.15, 0.2) is 0 Å². The highest BCUT2D eigenvalue weighted by atomic mass is 16.5. The molecule has 0 atom stereocenters. The maximum absolute atomic E-state index is 11.1. The summed E-state index contributed by atoms with van der Waals surface area (Å²) in [7, 11) is 0. The van der Waals surface area contributed by atoms with E-state index < -0.39 is 17.5 Å². The van der Waals surface area contributed by atoms with Crippen molar-refractivity contribution in [3.8, 4) is 0 Å². The Bertz CT molecular complexity index is 230. The molecule has 0 heterocycles. The topological polar surface area (TPSA) is 60.4 Å². The second-order valence-electron chi connectivity index (χ2n) is 3.41. The van der Waals surface area contributed by atoms with Crippen LogP contribution in [0.25, 0.3) is 0 Å². The van der Waals surface area contributed by atoms with Crippen molar-refractivity contribution in [1.29, 1.82) is 0 Å². The Morgan fingerprint density at radius 3 is 2.21 bits per heavy atom. The van der Waals surface area contributed by atoms with Gasteiger partial charge in [-0.3, -0.25) is 9.59 Å². The van der Waals surface area contributed by atoms with E-state index in [-0.39, 0.29) is 13.0 Å². The number of esters is 1. The molecule has 4 heteroatoms.